The Labute approximate surface area is 119 Å². The van der Waals surface area contributed by atoms with Gasteiger partial charge >= 0.3 is 0 Å². The normalized spacial score (nSPS) is 18.0. The second kappa shape index (κ2) is 5.71. The second-order valence-electron chi connectivity index (χ2n) is 5.18. The molecule has 1 aliphatic carbocycles. The van der Waals surface area contributed by atoms with Crippen LogP contribution in [0.15, 0.2) is 18.6 Å². The van der Waals surface area contributed by atoms with Crippen LogP contribution in [0, 0.1) is 0 Å². The number of nitrogens with one attached hydrogen (secondary N) is 1. The first kappa shape index (κ1) is 13.2. The van der Waals surface area contributed by atoms with E-state index in [-0.39, 0.29) is 0 Å². The van der Waals surface area contributed by atoms with Crippen LogP contribution < -0.4 is 5.32 Å². The Bertz CT molecular complexity index is 590. The van der Waals surface area contributed by atoms with E-state index in [1.165, 1.54) is 24.1 Å². The first-order chi connectivity index (χ1) is 9.81. The van der Waals surface area contributed by atoms with Gasteiger partial charge in [0.2, 0.25) is 0 Å². The third-order valence-electron chi connectivity index (χ3n) is 3.85. The summed E-state index contributed by atoms with van der Waals surface area (Å²) in [5, 5.41) is 7.81. The van der Waals surface area contributed by atoms with E-state index >= 15 is 0 Å². The Balaban J connectivity index is 1.92. The van der Waals surface area contributed by atoms with Crippen LogP contribution in [0.1, 0.15) is 44.0 Å². The summed E-state index contributed by atoms with van der Waals surface area (Å²) in [5.41, 5.74) is 3.46. The molecule has 106 valence electrons. The molecule has 2 aromatic rings. The van der Waals surface area contributed by atoms with Crippen molar-refractivity contribution >= 4 is 0 Å². The molecule has 5 nitrogen and oxygen atoms in total. The number of rotatable bonds is 4. The maximum absolute atomic E-state index is 4.76. The molecule has 1 aliphatic rings. The van der Waals surface area contributed by atoms with Gasteiger partial charge in [-0.3, -0.25) is 4.68 Å². The average Bonchev–Trinajstić information content (AvgIpc) is 2.96. The lowest BCUT2D eigenvalue weighted by atomic mass is 9.92. The number of aromatic nitrogens is 4. The summed E-state index contributed by atoms with van der Waals surface area (Å²) in [7, 11) is 0. The van der Waals surface area contributed by atoms with Gasteiger partial charge in [-0.2, -0.15) is 5.10 Å². The van der Waals surface area contributed by atoms with Crippen LogP contribution in [0.2, 0.25) is 0 Å². The van der Waals surface area contributed by atoms with Crippen LogP contribution in [-0.2, 0) is 13.0 Å². The maximum atomic E-state index is 4.76. The fourth-order valence-electron chi connectivity index (χ4n) is 2.80. The first-order valence-corrected chi connectivity index (χ1v) is 7.43. The lowest BCUT2D eigenvalue weighted by Gasteiger charge is -2.25. The van der Waals surface area contributed by atoms with Crippen molar-refractivity contribution in [3.8, 4) is 11.4 Å². The zero-order valence-electron chi connectivity index (χ0n) is 12.1. The number of fused-ring (bicyclic) bond motifs is 1. The zero-order chi connectivity index (χ0) is 13.9. The molecule has 2 aromatic heterocycles. The van der Waals surface area contributed by atoms with E-state index < -0.39 is 0 Å². The van der Waals surface area contributed by atoms with Crippen LogP contribution in [-0.4, -0.2) is 26.3 Å². The van der Waals surface area contributed by atoms with Crippen LogP contribution >= 0.6 is 0 Å². The van der Waals surface area contributed by atoms with Gasteiger partial charge in [-0.05, 0) is 32.7 Å². The van der Waals surface area contributed by atoms with Crippen LogP contribution in [0.3, 0.4) is 0 Å². The van der Waals surface area contributed by atoms with Crippen molar-refractivity contribution < 1.29 is 0 Å². The minimum atomic E-state index is 0.413. The number of aryl methyl sites for hydroxylation is 2. The summed E-state index contributed by atoms with van der Waals surface area (Å²) in [6.45, 7) is 6.07. The molecule has 0 saturated heterocycles. The largest absolute Gasteiger partial charge is 0.310 e. The Morgan fingerprint density at radius 1 is 1.35 bits per heavy atom. The van der Waals surface area contributed by atoms with E-state index in [2.05, 4.69) is 29.2 Å². The molecule has 0 fully saturated rings. The van der Waals surface area contributed by atoms with E-state index in [1.807, 2.05) is 23.3 Å². The number of hydrogen-bond donors (Lipinski definition) is 1. The highest BCUT2D eigenvalue weighted by Crippen LogP contribution is 2.29. The van der Waals surface area contributed by atoms with E-state index in [0.29, 0.717) is 6.04 Å². The fourth-order valence-corrected chi connectivity index (χ4v) is 2.80. The van der Waals surface area contributed by atoms with Gasteiger partial charge in [-0.1, -0.05) is 6.92 Å². The molecule has 1 unspecified atom stereocenters. The maximum Gasteiger partial charge on any atom is 0.162 e. The Kier molecular flexibility index (Phi) is 3.78. The highest BCUT2D eigenvalue weighted by atomic mass is 15.3. The SMILES string of the molecule is CCNC1CCCc2nc(-c3cnn(CC)c3)ncc21. The molecule has 3 rings (SSSR count). The van der Waals surface area contributed by atoms with Crippen molar-refractivity contribution in [2.45, 2.75) is 45.7 Å². The Morgan fingerprint density at radius 3 is 3.00 bits per heavy atom. The molecule has 5 heteroatoms. The van der Waals surface area contributed by atoms with E-state index in [1.54, 1.807) is 0 Å². The van der Waals surface area contributed by atoms with Crippen LogP contribution in [0.25, 0.3) is 11.4 Å². The second-order valence-corrected chi connectivity index (χ2v) is 5.18. The molecule has 20 heavy (non-hydrogen) atoms. The molecule has 2 heterocycles. The van der Waals surface area contributed by atoms with E-state index in [9.17, 15) is 0 Å². The molecule has 0 bridgehead atoms. The van der Waals surface area contributed by atoms with Crippen molar-refractivity contribution in [2.24, 2.45) is 0 Å². The monoisotopic (exact) mass is 271 g/mol. The predicted octanol–water partition coefficient (Wildman–Crippen LogP) is 2.35. The van der Waals surface area contributed by atoms with Crippen molar-refractivity contribution in [1.29, 1.82) is 0 Å². The summed E-state index contributed by atoms with van der Waals surface area (Å²) in [4.78, 5) is 9.30. The van der Waals surface area contributed by atoms with Crippen molar-refractivity contribution in [3.05, 3.63) is 29.8 Å². The van der Waals surface area contributed by atoms with E-state index in [4.69, 9.17) is 4.98 Å². The molecular weight excluding hydrogens is 250 g/mol. The Morgan fingerprint density at radius 2 is 2.25 bits per heavy atom. The van der Waals surface area contributed by atoms with Crippen molar-refractivity contribution in [2.75, 3.05) is 6.54 Å². The zero-order valence-corrected chi connectivity index (χ0v) is 12.1. The van der Waals surface area contributed by atoms with Gasteiger partial charge in [0.25, 0.3) is 0 Å². The summed E-state index contributed by atoms with van der Waals surface area (Å²) < 4.78 is 1.90. The molecule has 0 spiro atoms. The van der Waals surface area contributed by atoms with Gasteiger partial charge in [0.05, 0.1) is 11.8 Å². The van der Waals surface area contributed by atoms with Gasteiger partial charge in [0, 0.05) is 36.2 Å². The Hall–Kier alpha value is -1.75. The number of nitrogens with zero attached hydrogens (tertiary/aromatic N) is 4. The lowest BCUT2D eigenvalue weighted by molar-refractivity contribution is 0.464. The fraction of sp³-hybridized carbons (Fsp3) is 0.533. The summed E-state index contributed by atoms with van der Waals surface area (Å²) in [5.74, 6) is 0.792. The third kappa shape index (κ3) is 2.45. The first-order valence-electron chi connectivity index (χ1n) is 7.43. The highest BCUT2D eigenvalue weighted by molar-refractivity contribution is 5.52. The summed E-state index contributed by atoms with van der Waals surface area (Å²) in [6.07, 6.45) is 9.26. The predicted molar refractivity (Wildman–Crippen MR) is 78.3 cm³/mol. The van der Waals surface area contributed by atoms with Crippen LogP contribution in [0.5, 0.6) is 0 Å². The molecular formula is C15H21N5. The minimum Gasteiger partial charge on any atom is -0.310 e. The molecule has 0 aliphatic heterocycles. The third-order valence-corrected chi connectivity index (χ3v) is 3.85. The highest BCUT2D eigenvalue weighted by Gasteiger charge is 2.21. The molecule has 1 atom stereocenters. The molecule has 1 N–H and O–H groups in total. The van der Waals surface area contributed by atoms with Crippen LogP contribution in [0.4, 0.5) is 0 Å². The summed E-state index contributed by atoms with van der Waals surface area (Å²) in [6, 6.07) is 0.413. The van der Waals surface area contributed by atoms with Gasteiger partial charge in [-0.25, -0.2) is 9.97 Å². The average molecular weight is 271 g/mol. The van der Waals surface area contributed by atoms with Gasteiger partial charge in [0.1, 0.15) is 0 Å². The quantitative estimate of drug-likeness (QED) is 0.927. The van der Waals surface area contributed by atoms with Crippen molar-refractivity contribution in [1.82, 2.24) is 25.1 Å². The molecule has 0 amide bonds. The molecule has 0 aromatic carbocycles. The van der Waals surface area contributed by atoms with Crippen molar-refractivity contribution in [3.63, 3.8) is 0 Å². The lowest BCUT2D eigenvalue weighted by Crippen LogP contribution is -2.25. The number of hydrogen-bond acceptors (Lipinski definition) is 4. The van der Waals surface area contributed by atoms with Gasteiger partial charge in [-0.15, -0.1) is 0 Å². The smallest absolute Gasteiger partial charge is 0.162 e. The standard InChI is InChI=1S/C15H21N5/c1-3-16-13-6-5-7-14-12(13)9-17-15(19-14)11-8-18-20(4-2)10-11/h8-10,13,16H,3-7H2,1-2H3. The minimum absolute atomic E-state index is 0.413. The molecule has 0 saturated carbocycles. The van der Waals surface area contributed by atoms with Gasteiger partial charge in [0.15, 0.2) is 5.82 Å². The molecule has 0 radical (unpaired) electrons. The van der Waals surface area contributed by atoms with Gasteiger partial charge < -0.3 is 5.32 Å². The topological polar surface area (TPSA) is 55.6 Å². The van der Waals surface area contributed by atoms with E-state index in [0.717, 1.165) is 30.9 Å². The summed E-state index contributed by atoms with van der Waals surface area (Å²) >= 11 is 0.